The third-order valence-electron chi connectivity index (χ3n) is 7.20. The fourth-order valence-corrected chi connectivity index (χ4v) is 5.33. The first-order chi connectivity index (χ1) is 15.5. The topological polar surface area (TPSA) is 12.5 Å². The molecule has 0 aromatic heterocycles. The zero-order valence-corrected chi connectivity index (χ0v) is 20.2. The molecular formula is C29H34ClNO. The number of rotatable bonds is 8. The van der Waals surface area contributed by atoms with Crippen molar-refractivity contribution < 1.29 is 4.74 Å². The van der Waals surface area contributed by atoms with Crippen LogP contribution in [-0.2, 0) is 11.8 Å². The van der Waals surface area contributed by atoms with Crippen LogP contribution in [0.25, 0.3) is 0 Å². The van der Waals surface area contributed by atoms with Crippen molar-refractivity contribution in [1.29, 1.82) is 0 Å². The molecule has 2 nitrogen and oxygen atoms in total. The van der Waals surface area contributed by atoms with Crippen molar-refractivity contribution in [2.75, 3.05) is 26.2 Å². The van der Waals surface area contributed by atoms with Gasteiger partial charge in [0.15, 0.2) is 0 Å². The van der Waals surface area contributed by atoms with Gasteiger partial charge < -0.3 is 9.64 Å². The van der Waals surface area contributed by atoms with Crippen molar-refractivity contribution in [3.63, 3.8) is 0 Å². The predicted molar refractivity (Wildman–Crippen MR) is 135 cm³/mol. The van der Waals surface area contributed by atoms with Crippen LogP contribution in [0.4, 0.5) is 0 Å². The first-order valence-corrected chi connectivity index (χ1v) is 12.2. The van der Waals surface area contributed by atoms with Gasteiger partial charge in [-0.05, 0) is 72.5 Å². The molecule has 168 valence electrons. The lowest BCUT2D eigenvalue weighted by atomic mass is 9.60. The molecule has 0 spiro atoms. The molecule has 4 rings (SSSR count). The SMILES string of the molecule is CCN(CC)CCOc1ccc(C2c3ccccc3CCC2(C)c2ccc(Cl)cc2)cc1. The Kier molecular flexibility index (Phi) is 7.23. The molecule has 0 N–H and O–H groups in total. The summed E-state index contributed by atoms with van der Waals surface area (Å²) in [6, 6.07) is 26.2. The summed E-state index contributed by atoms with van der Waals surface area (Å²) in [6.45, 7) is 10.6. The highest BCUT2D eigenvalue weighted by Crippen LogP contribution is 2.50. The number of hydrogen-bond donors (Lipinski definition) is 0. The van der Waals surface area contributed by atoms with E-state index in [1.54, 1.807) is 0 Å². The van der Waals surface area contributed by atoms with E-state index in [1.165, 1.54) is 22.3 Å². The minimum absolute atomic E-state index is 0.00404. The predicted octanol–water partition coefficient (Wildman–Crippen LogP) is 7.10. The van der Waals surface area contributed by atoms with E-state index in [-0.39, 0.29) is 5.41 Å². The van der Waals surface area contributed by atoms with Gasteiger partial charge >= 0.3 is 0 Å². The van der Waals surface area contributed by atoms with Gasteiger partial charge in [-0.15, -0.1) is 0 Å². The Morgan fingerprint density at radius 3 is 2.31 bits per heavy atom. The van der Waals surface area contributed by atoms with E-state index in [0.717, 1.165) is 49.9 Å². The second-order valence-corrected chi connectivity index (χ2v) is 9.44. The Morgan fingerprint density at radius 2 is 1.62 bits per heavy atom. The van der Waals surface area contributed by atoms with Crippen LogP contribution in [0.15, 0.2) is 72.8 Å². The number of halogens is 1. The zero-order valence-electron chi connectivity index (χ0n) is 19.5. The standard InChI is InChI=1S/C29H34ClNO/c1-4-31(5-2)20-21-32-26-16-10-23(11-17-26)28-27-9-7-6-8-22(27)18-19-29(28,3)24-12-14-25(30)15-13-24/h6-17,28H,4-5,18-21H2,1-3H3. The van der Waals surface area contributed by atoms with Gasteiger partial charge in [0.05, 0.1) is 0 Å². The molecule has 0 fully saturated rings. The van der Waals surface area contributed by atoms with E-state index in [2.05, 4.69) is 86.3 Å². The highest BCUT2D eigenvalue weighted by molar-refractivity contribution is 6.30. The molecule has 0 bridgehead atoms. The summed E-state index contributed by atoms with van der Waals surface area (Å²) < 4.78 is 6.05. The fraction of sp³-hybridized carbons (Fsp3) is 0.379. The summed E-state index contributed by atoms with van der Waals surface area (Å²) in [5.41, 5.74) is 5.59. The second kappa shape index (κ2) is 10.1. The van der Waals surface area contributed by atoms with E-state index < -0.39 is 0 Å². The van der Waals surface area contributed by atoms with Crippen LogP contribution in [0.3, 0.4) is 0 Å². The average molecular weight is 448 g/mol. The summed E-state index contributed by atoms with van der Waals surface area (Å²) in [5.74, 6) is 1.23. The number of likely N-dealkylation sites (N-methyl/N-ethyl adjacent to an activating group) is 1. The van der Waals surface area contributed by atoms with Crippen LogP contribution in [-0.4, -0.2) is 31.1 Å². The molecule has 2 unspecified atom stereocenters. The number of hydrogen-bond acceptors (Lipinski definition) is 2. The van der Waals surface area contributed by atoms with E-state index >= 15 is 0 Å². The molecule has 0 saturated carbocycles. The molecule has 1 aliphatic rings. The van der Waals surface area contributed by atoms with Gasteiger partial charge in [-0.2, -0.15) is 0 Å². The molecular weight excluding hydrogens is 414 g/mol. The summed E-state index contributed by atoms with van der Waals surface area (Å²) in [5, 5.41) is 0.788. The average Bonchev–Trinajstić information content (AvgIpc) is 2.83. The van der Waals surface area contributed by atoms with Crippen LogP contribution in [0, 0.1) is 0 Å². The Bertz CT molecular complexity index is 1010. The summed E-state index contributed by atoms with van der Waals surface area (Å²) >= 11 is 6.21. The van der Waals surface area contributed by atoms with Gasteiger partial charge in [-0.25, -0.2) is 0 Å². The van der Waals surface area contributed by atoms with Gasteiger partial charge in [0.2, 0.25) is 0 Å². The monoisotopic (exact) mass is 447 g/mol. The zero-order chi connectivity index (χ0) is 22.6. The Morgan fingerprint density at radius 1 is 0.938 bits per heavy atom. The maximum absolute atomic E-state index is 6.21. The summed E-state index contributed by atoms with van der Waals surface area (Å²) in [7, 11) is 0. The molecule has 0 aliphatic heterocycles. The fourth-order valence-electron chi connectivity index (χ4n) is 5.20. The quantitative estimate of drug-likeness (QED) is 0.365. The molecule has 1 aliphatic carbocycles. The van der Waals surface area contributed by atoms with Crippen molar-refractivity contribution in [2.45, 2.75) is 44.9 Å². The molecule has 0 heterocycles. The van der Waals surface area contributed by atoms with Crippen LogP contribution in [0.2, 0.25) is 5.02 Å². The van der Waals surface area contributed by atoms with Gasteiger partial charge in [0, 0.05) is 22.9 Å². The van der Waals surface area contributed by atoms with Crippen LogP contribution in [0.5, 0.6) is 5.75 Å². The molecule has 0 radical (unpaired) electrons. The van der Waals surface area contributed by atoms with Gasteiger partial charge in [0.25, 0.3) is 0 Å². The lowest BCUT2D eigenvalue weighted by Crippen LogP contribution is -2.36. The number of fused-ring (bicyclic) bond motifs is 1. The van der Waals surface area contributed by atoms with Crippen molar-refractivity contribution in [1.82, 2.24) is 4.90 Å². The Balaban J connectivity index is 1.63. The highest BCUT2D eigenvalue weighted by atomic mass is 35.5. The van der Waals surface area contributed by atoms with Crippen molar-refractivity contribution in [3.05, 3.63) is 100 Å². The molecule has 0 saturated heterocycles. The van der Waals surface area contributed by atoms with Crippen molar-refractivity contribution in [2.24, 2.45) is 0 Å². The normalized spacial score (nSPS) is 20.2. The second-order valence-electron chi connectivity index (χ2n) is 9.00. The number of benzene rings is 3. The minimum atomic E-state index is 0.00404. The lowest BCUT2D eigenvalue weighted by molar-refractivity contribution is 0.222. The van der Waals surface area contributed by atoms with E-state index in [0.29, 0.717) is 5.92 Å². The largest absolute Gasteiger partial charge is 0.492 e. The Hall–Kier alpha value is -2.29. The first-order valence-electron chi connectivity index (χ1n) is 11.8. The smallest absolute Gasteiger partial charge is 0.119 e. The van der Waals surface area contributed by atoms with Crippen LogP contribution >= 0.6 is 11.6 Å². The van der Waals surface area contributed by atoms with Crippen LogP contribution < -0.4 is 4.74 Å². The maximum Gasteiger partial charge on any atom is 0.119 e. The molecule has 32 heavy (non-hydrogen) atoms. The number of ether oxygens (including phenoxy) is 1. The van der Waals surface area contributed by atoms with Gasteiger partial charge in [-0.3, -0.25) is 0 Å². The third-order valence-corrected chi connectivity index (χ3v) is 7.46. The van der Waals surface area contributed by atoms with E-state index in [9.17, 15) is 0 Å². The van der Waals surface area contributed by atoms with Crippen molar-refractivity contribution >= 4 is 11.6 Å². The highest BCUT2D eigenvalue weighted by Gasteiger charge is 2.41. The number of aryl methyl sites for hydroxylation is 1. The van der Waals surface area contributed by atoms with E-state index in [1.807, 2.05) is 12.1 Å². The molecule has 2 atom stereocenters. The molecule has 3 heteroatoms. The minimum Gasteiger partial charge on any atom is -0.492 e. The lowest BCUT2D eigenvalue weighted by Gasteiger charge is -2.44. The molecule has 0 amide bonds. The third kappa shape index (κ3) is 4.72. The Labute approximate surface area is 198 Å². The van der Waals surface area contributed by atoms with Gasteiger partial charge in [-0.1, -0.05) is 80.9 Å². The first kappa shape index (κ1) is 22.9. The molecule has 3 aromatic carbocycles. The maximum atomic E-state index is 6.21. The molecule has 3 aromatic rings. The van der Waals surface area contributed by atoms with Crippen LogP contribution in [0.1, 0.15) is 55.4 Å². The van der Waals surface area contributed by atoms with E-state index in [4.69, 9.17) is 16.3 Å². The van der Waals surface area contributed by atoms with Crippen molar-refractivity contribution in [3.8, 4) is 5.75 Å². The summed E-state index contributed by atoms with van der Waals surface area (Å²) in [6.07, 6.45) is 2.21. The number of nitrogens with zero attached hydrogens (tertiary/aromatic N) is 1. The summed E-state index contributed by atoms with van der Waals surface area (Å²) in [4.78, 5) is 2.38. The van der Waals surface area contributed by atoms with Gasteiger partial charge in [0.1, 0.15) is 12.4 Å².